The zero-order valence-electron chi connectivity index (χ0n) is 17.4. The second-order valence-corrected chi connectivity index (χ2v) is 8.20. The summed E-state index contributed by atoms with van der Waals surface area (Å²) in [5.74, 6) is -0.0407. The molecule has 4 heterocycles. The molecule has 1 fully saturated rings. The number of rotatable bonds is 5. The Morgan fingerprint density at radius 1 is 1.44 bits per heavy atom. The highest BCUT2D eigenvalue weighted by Crippen LogP contribution is 2.21. The monoisotopic (exact) mass is 518 g/mol. The van der Waals surface area contributed by atoms with Gasteiger partial charge in [-0.1, -0.05) is 17.7 Å². The molecule has 0 bridgehead atoms. The second kappa shape index (κ2) is 10.5. The van der Waals surface area contributed by atoms with Crippen molar-refractivity contribution in [3.63, 3.8) is 0 Å². The van der Waals surface area contributed by atoms with Crippen molar-refractivity contribution in [2.45, 2.75) is 19.1 Å². The number of amides is 1. The number of hydrogen-bond acceptors (Lipinski definition) is 7. The van der Waals surface area contributed by atoms with E-state index in [9.17, 15) is 4.79 Å². The van der Waals surface area contributed by atoms with Crippen LogP contribution in [-0.2, 0) is 18.4 Å². The van der Waals surface area contributed by atoms with E-state index in [2.05, 4.69) is 36.3 Å². The van der Waals surface area contributed by atoms with Crippen molar-refractivity contribution < 1.29 is 14.3 Å². The molecule has 3 aromatic heterocycles. The first-order chi connectivity index (χ1) is 15.3. The number of carbonyl (C=O) groups is 1. The lowest BCUT2D eigenvalue weighted by Crippen LogP contribution is -2.61. The Kier molecular flexibility index (Phi) is 7.80. The lowest BCUT2D eigenvalue weighted by atomic mass is 9.99. The van der Waals surface area contributed by atoms with E-state index in [1.165, 1.54) is 18.0 Å². The Balaban J connectivity index is 0.000000352. The van der Waals surface area contributed by atoms with E-state index >= 15 is 0 Å². The Hall–Kier alpha value is -3.00. The van der Waals surface area contributed by atoms with Crippen LogP contribution in [0, 0.1) is 18.3 Å². The number of ether oxygens (including phenoxy) is 2. The fourth-order valence-electron chi connectivity index (χ4n) is 2.50. The van der Waals surface area contributed by atoms with Crippen molar-refractivity contribution >= 4 is 33.4 Å². The minimum atomic E-state index is -0.987. The minimum absolute atomic E-state index is 0.121. The lowest BCUT2D eigenvalue weighted by Gasteiger charge is -2.35. The molecular formula is C21H20BrClN6O3. The highest BCUT2D eigenvalue weighted by Gasteiger charge is 2.40. The molecule has 0 spiro atoms. The van der Waals surface area contributed by atoms with Gasteiger partial charge >= 0.3 is 0 Å². The molecule has 0 aromatic carbocycles. The molecule has 11 heteroatoms. The number of pyridine rings is 2. The van der Waals surface area contributed by atoms with Crippen molar-refractivity contribution in [1.29, 1.82) is 5.26 Å². The summed E-state index contributed by atoms with van der Waals surface area (Å²) in [7, 11) is 1.93. The van der Waals surface area contributed by atoms with Crippen molar-refractivity contribution in [2.75, 3.05) is 13.2 Å². The van der Waals surface area contributed by atoms with E-state index in [0.717, 1.165) is 0 Å². The van der Waals surface area contributed by atoms with Gasteiger partial charge < -0.3 is 14.8 Å². The average molecular weight is 520 g/mol. The lowest BCUT2D eigenvalue weighted by molar-refractivity contribution is -0.0398. The topological polar surface area (TPSA) is 115 Å². The van der Waals surface area contributed by atoms with Gasteiger partial charge in [0.2, 0.25) is 5.88 Å². The van der Waals surface area contributed by atoms with Crippen LogP contribution in [0.1, 0.15) is 21.7 Å². The van der Waals surface area contributed by atoms with Crippen LogP contribution >= 0.6 is 27.5 Å². The first-order valence-corrected chi connectivity index (χ1v) is 10.6. The van der Waals surface area contributed by atoms with Gasteiger partial charge in [-0.3, -0.25) is 14.5 Å². The second-order valence-electron chi connectivity index (χ2n) is 6.99. The standard InChI is InChI=1S/C16H12BrClN4O3.C5H8N2/c17-13-2-1-3-14(21-13)25-6-10-5-20-12(4-11(10)18)15(23)22-16(7-19)8-24-9-16;1-5-3-4-6-7(5)2/h1-5H,6,8-9H2,(H,22,23);3-4H,1-2H3. The number of carbonyl (C=O) groups excluding carboxylic acids is 1. The van der Waals surface area contributed by atoms with Gasteiger partial charge in [0.25, 0.3) is 5.91 Å². The van der Waals surface area contributed by atoms with Gasteiger partial charge in [-0.2, -0.15) is 10.4 Å². The molecule has 0 unspecified atom stereocenters. The van der Waals surface area contributed by atoms with Gasteiger partial charge in [0.15, 0.2) is 5.54 Å². The number of aromatic nitrogens is 4. The van der Waals surface area contributed by atoms with E-state index in [4.69, 9.17) is 26.3 Å². The molecule has 0 atom stereocenters. The first kappa shape index (κ1) is 23.7. The van der Waals surface area contributed by atoms with E-state index < -0.39 is 11.4 Å². The zero-order chi connectivity index (χ0) is 23.1. The molecule has 0 saturated carbocycles. The molecule has 3 aromatic rings. The number of aryl methyl sites for hydroxylation is 2. The molecule has 0 aliphatic carbocycles. The van der Waals surface area contributed by atoms with Crippen molar-refractivity contribution in [2.24, 2.45) is 7.05 Å². The molecule has 1 N–H and O–H groups in total. The first-order valence-electron chi connectivity index (χ1n) is 9.48. The summed E-state index contributed by atoms with van der Waals surface area (Å²) in [6, 6.07) is 10.8. The number of halogens is 2. The smallest absolute Gasteiger partial charge is 0.271 e. The van der Waals surface area contributed by atoms with E-state index in [1.54, 1.807) is 24.4 Å². The summed E-state index contributed by atoms with van der Waals surface area (Å²) in [4.78, 5) is 20.5. The summed E-state index contributed by atoms with van der Waals surface area (Å²) in [6.45, 7) is 2.50. The molecule has 9 nitrogen and oxygen atoms in total. The number of nitriles is 1. The summed E-state index contributed by atoms with van der Waals surface area (Å²) >= 11 is 9.47. The molecule has 1 aliphatic rings. The fraction of sp³-hybridized carbons (Fsp3) is 0.286. The van der Waals surface area contributed by atoms with Gasteiger partial charge in [0, 0.05) is 36.8 Å². The van der Waals surface area contributed by atoms with Gasteiger partial charge in [-0.05, 0) is 41.1 Å². The van der Waals surface area contributed by atoms with Crippen molar-refractivity contribution in [1.82, 2.24) is 25.1 Å². The maximum atomic E-state index is 12.2. The fourth-order valence-corrected chi connectivity index (χ4v) is 3.04. The average Bonchev–Trinajstić information content (AvgIpc) is 3.12. The SMILES string of the molecule is Cc1ccnn1C.N#CC1(NC(=O)c2cc(Cl)c(COc3cccc(Br)n3)cn2)COC1. The molecule has 32 heavy (non-hydrogen) atoms. The van der Waals surface area contributed by atoms with Crippen LogP contribution in [0.5, 0.6) is 5.88 Å². The number of nitrogens with one attached hydrogen (secondary N) is 1. The molecule has 1 saturated heterocycles. The molecule has 1 amide bonds. The zero-order valence-corrected chi connectivity index (χ0v) is 19.7. The van der Waals surface area contributed by atoms with Crippen LogP contribution in [0.15, 0.2) is 47.3 Å². The summed E-state index contributed by atoms with van der Waals surface area (Å²) in [6.07, 6.45) is 3.25. The predicted octanol–water partition coefficient (Wildman–Crippen LogP) is 3.22. The Morgan fingerprint density at radius 3 is 2.72 bits per heavy atom. The van der Waals surface area contributed by atoms with Crippen molar-refractivity contribution in [3.8, 4) is 11.9 Å². The highest BCUT2D eigenvalue weighted by molar-refractivity contribution is 9.10. The maximum absolute atomic E-state index is 12.2. The van der Waals surface area contributed by atoms with E-state index in [1.807, 2.05) is 30.8 Å². The summed E-state index contributed by atoms with van der Waals surface area (Å²) in [5.41, 5.74) is 0.942. The Labute approximate surface area is 198 Å². The van der Waals surface area contributed by atoms with Crippen LogP contribution in [0.3, 0.4) is 0 Å². The van der Waals surface area contributed by atoms with Gasteiger partial charge in [0.05, 0.1) is 24.3 Å². The molecule has 1 aliphatic heterocycles. The van der Waals surface area contributed by atoms with E-state index in [0.29, 0.717) is 21.1 Å². The largest absolute Gasteiger partial charge is 0.473 e. The number of nitrogens with zero attached hydrogens (tertiary/aromatic N) is 5. The van der Waals surface area contributed by atoms with Gasteiger partial charge in [-0.15, -0.1) is 0 Å². The van der Waals surface area contributed by atoms with E-state index in [-0.39, 0.29) is 25.5 Å². The van der Waals surface area contributed by atoms with Crippen LogP contribution < -0.4 is 10.1 Å². The van der Waals surface area contributed by atoms with Gasteiger partial charge in [-0.25, -0.2) is 4.98 Å². The summed E-state index contributed by atoms with van der Waals surface area (Å²) in [5, 5.41) is 16.0. The maximum Gasteiger partial charge on any atom is 0.271 e. The quantitative estimate of drug-likeness (QED) is 0.515. The highest BCUT2D eigenvalue weighted by atomic mass is 79.9. The number of hydrogen-bond donors (Lipinski definition) is 1. The Bertz CT molecular complexity index is 1130. The molecular weight excluding hydrogens is 500 g/mol. The van der Waals surface area contributed by atoms with Crippen LogP contribution in [0.4, 0.5) is 0 Å². The van der Waals surface area contributed by atoms with Crippen molar-refractivity contribution in [3.05, 3.63) is 69.3 Å². The normalized spacial score (nSPS) is 13.7. The minimum Gasteiger partial charge on any atom is -0.473 e. The molecule has 166 valence electrons. The third kappa shape index (κ3) is 6.03. The summed E-state index contributed by atoms with van der Waals surface area (Å²) < 4.78 is 13.0. The third-order valence-electron chi connectivity index (χ3n) is 4.56. The predicted molar refractivity (Wildman–Crippen MR) is 120 cm³/mol. The molecule has 4 rings (SSSR count). The van der Waals surface area contributed by atoms with Crippen LogP contribution in [-0.4, -0.2) is 44.4 Å². The van der Waals surface area contributed by atoms with Crippen LogP contribution in [0.2, 0.25) is 5.02 Å². The van der Waals surface area contributed by atoms with Crippen LogP contribution in [0.25, 0.3) is 0 Å². The van der Waals surface area contributed by atoms with Gasteiger partial charge in [0.1, 0.15) is 16.9 Å². The molecule has 0 radical (unpaired) electrons. The Morgan fingerprint density at radius 2 is 2.22 bits per heavy atom. The third-order valence-corrected chi connectivity index (χ3v) is 5.35.